The topological polar surface area (TPSA) is 12.5 Å². The van der Waals surface area contributed by atoms with Crippen molar-refractivity contribution in [1.82, 2.24) is 0 Å². The van der Waals surface area contributed by atoms with Gasteiger partial charge in [0.25, 0.3) is 0 Å². The van der Waals surface area contributed by atoms with Crippen LogP contribution in [0.4, 0.5) is 57.1 Å². The van der Waals surface area contributed by atoms with Gasteiger partial charge in [0.15, 0.2) is 0 Å². The first-order chi connectivity index (χ1) is 10.6. The number of hydrogen-bond donors (Lipinski definition) is 0. The molecule has 0 aromatic carbocycles. The Morgan fingerprint density at radius 1 is 0.640 bits per heavy atom. The summed E-state index contributed by atoms with van der Waals surface area (Å²) in [6.07, 6.45) is -11.5. The lowest BCUT2D eigenvalue weighted by molar-refractivity contribution is -0.440. The zero-order chi connectivity index (χ0) is 20.5. The van der Waals surface area contributed by atoms with E-state index in [1.807, 2.05) is 0 Å². The van der Waals surface area contributed by atoms with Gasteiger partial charge < -0.3 is 4.74 Å². The minimum Gasteiger partial charge on any atom is -0.366 e. The van der Waals surface area contributed by atoms with Crippen LogP contribution in [0.25, 0.3) is 0 Å². The van der Waals surface area contributed by atoms with E-state index in [-0.39, 0.29) is 0 Å². The number of ether oxygens (including phenoxy) is 1. The van der Waals surface area contributed by atoms with Crippen LogP contribution in [-0.4, -0.2) is 47.5 Å². The average Bonchev–Trinajstić information content (AvgIpc) is 2.92. The van der Waals surface area contributed by atoms with Crippen LogP contribution in [0.1, 0.15) is 20.3 Å². The molecule has 1 atom stereocenters. The van der Waals surface area contributed by atoms with Gasteiger partial charge in [0, 0.05) is 6.42 Å². The highest BCUT2D eigenvalue weighted by Crippen LogP contribution is 2.61. The largest absolute Gasteiger partial charge is 0.460 e. The SMILES string of the molecule is CC1(C)OC1CC(F)(F)C(F)(F)C(F)(F)C(F)(F)C(F)(F)C(F)(F)F. The van der Waals surface area contributed by atoms with Crippen molar-refractivity contribution in [3.63, 3.8) is 0 Å². The zero-order valence-corrected chi connectivity index (χ0v) is 12.1. The lowest BCUT2D eigenvalue weighted by atomic mass is 9.90. The van der Waals surface area contributed by atoms with Gasteiger partial charge in [-0.05, 0) is 13.8 Å². The first kappa shape index (κ1) is 22.1. The van der Waals surface area contributed by atoms with Crippen molar-refractivity contribution in [2.24, 2.45) is 0 Å². The predicted octanol–water partition coefficient (Wildman–Crippen LogP) is 5.29. The summed E-state index contributed by atoms with van der Waals surface area (Å²) < 4.78 is 171. The van der Waals surface area contributed by atoms with E-state index in [1.54, 1.807) is 0 Å². The van der Waals surface area contributed by atoms with Crippen LogP contribution in [0.3, 0.4) is 0 Å². The summed E-state index contributed by atoms with van der Waals surface area (Å²) in [6, 6.07) is 0. The molecule has 1 fully saturated rings. The van der Waals surface area contributed by atoms with Crippen molar-refractivity contribution in [2.75, 3.05) is 0 Å². The predicted molar refractivity (Wildman–Crippen MR) is 54.4 cm³/mol. The van der Waals surface area contributed by atoms with Crippen molar-refractivity contribution >= 4 is 0 Å². The van der Waals surface area contributed by atoms with Crippen molar-refractivity contribution in [3.05, 3.63) is 0 Å². The smallest absolute Gasteiger partial charge is 0.366 e. The zero-order valence-electron chi connectivity index (χ0n) is 12.1. The summed E-state index contributed by atoms with van der Waals surface area (Å²) in [5, 5.41) is 0. The maximum atomic E-state index is 13.4. The molecule has 0 radical (unpaired) electrons. The molecule has 0 aliphatic carbocycles. The average molecular weight is 404 g/mol. The second kappa shape index (κ2) is 5.28. The van der Waals surface area contributed by atoms with Gasteiger partial charge in [0.2, 0.25) is 0 Å². The normalized spacial score (nSPS) is 22.9. The van der Waals surface area contributed by atoms with Gasteiger partial charge in [0.1, 0.15) is 0 Å². The quantitative estimate of drug-likeness (QED) is 0.433. The monoisotopic (exact) mass is 404 g/mol. The summed E-state index contributed by atoms with van der Waals surface area (Å²) in [5.41, 5.74) is -1.51. The molecule has 1 rings (SSSR count). The molecular weight excluding hydrogens is 395 g/mol. The molecule has 0 spiro atoms. The van der Waals surface area contributed by atoms with E-state index in [4.69, 9.17) is 0 Å². The minimum atomic E-state index is -7.86. The lowest BCUT2D eigenvalue weighted by Crippen LogP contribution is -2.70. The Kier molecular flexibility index (Phi) is 4.67. The van der Waals surface area contributed by atoms with E-state index in [0.717, 1.165) is 13.8 Å². The van der Waals surface area contributed by atoms with E-state index in [2.05, 4.69) is 4.74 Å². The summed E-state index contributed by atoms with van der Waals surface area (Å²) in [7, 11) is 0. The van der Waals surface area contributed by atoms with Gasteiger partial charge in [-0.1, -0.05) is 0 Å². The van der Waals surface area contributed by atoms with Gasteiger partial charge in [-0.25, -0.2) is 0 Å². The molecule has 0 N–H and O–H groups in total. The van der Waals surface area contributed by atoms with Crippen molar-refractivity contribution < 1.29 is 61.8 Å². The number of rotatable bonds is 6. The van der Waals surface area contributed by atoms with Gasteiger partial charge in [-0.3, -0.25) is 0 Å². The van der Waals surface area contributed by atoms with Gasteiger partial charge in [-0.2, -0.15) is 57.1 Å². The van der Waals surface area contributed by atoms with Crippen LogP contribution < -0.4 is 0 Å². The second-order valence-electron chi connectivity index (χ2n) is 5.91. The Morgan fingerprint density at radius 2 is 0.960 bits per heavy atom. The molecule has 1 aliphatic heterocycles. The second-order valence-corrected chi connectivity index (χ2v) is 5.91. The molecule has 0 aromatic heterocycles. The summed E-state index contributed by atoms with van der Waals surface area (Å²) in [6.45, 7) is 2.08. The fraction of sp³-hybridized carbons (Fsp3) is 1.00. The maximum Gasteiger partial charge on any atom is 0.460 e. The van der Waals surface area contributed by atoms with Crippen LogP contribution in [0.15, 0.2) is 0 Å². The Morgan fingerprint density at radius 3 is 1.24 bits per heavy atom. The van der Waals surface area contributed by atoms with Crippen LogP contribution in [-0.2, 0) is 4.74 Å². The number of halogens is 13. The molecule has 25 heavy (non-hydrogen) atoms. The molecule has 0 saturated carbocycles. The molecule has 1 unspecified atom stereocenters. The van der Waals surface area contributed by atoms with E-state index < -0.39 is 53.9 Å². The first-order valence-electron chi connectivity index (χ1n) is 6.20. The standard InChI is InChI=1S/C11H9F13O/c1-5(2)4(25-5)3-6(12,13)7(14,15)8(16,17)9(18,19)10(20,21)11(22,23)24/h4H,3H2,1-2H3. The van der Waals surface area contributed by atoms with E-state index >= 15 is 0 Å². The first-order valence-corrected chi connectivity index (χ1v) is 6.20. The molecule has 150 valence electrons. The van der Waals surface area contributed by atoms with Crippen LogP contribution in [0, 0.1) is 0 Å². The molecule has 0 amide bonds. The van der Waals surface area contributed by atoms with Crippen molar-refractivity contribution in [2.45, 2.75) is 67.8 Å². The van der Waals surface area contributed by atoms with Crippen molar-refractivity contribution in [3.8, 4) is 0 Å². The molecule has 1 saturated heterocycles. The number of hydrogen-bond acceptors (Lipinski definition) is 1. The molecule has 1 heterocycles. The fourth-order valence-corrected chi connectivity index (χ4v) is 1.78. The van der Waals surface area contributed by atoms with Crippen molar-refractivity contribution in [1.29, 1.82) is 0 Å². The lowest BCUT2D eigenvalue weighted by Gasteiger charge is -2.39. The maximum absolute atomic E-state index is 13.4. The highest BCUT2D eigenvalue weighted by atomic mass is 19.4. The van der Waals surface area contributed by atoms with Crippen LogP contribution in [0.5, 0.6) is 0 Å². The third kappa shape index (κ3) is 3.03. The van der Waals surface area contributed by atoms with Gasteiger partial charge in [0.05, 0.1) is 11.7 Å². The highest BCUT2D eigenvalue weighted by molar-refractivity contribution is 5.12. The fourth-order valence-electron chi connectivity index (χ4n) is 1.78. The molecule has 1 nitrogen and oxygen atoms in total. The summed E-state index contributed by atoms with van der Waals surface area (Å²) in [4.78, 5) is 0. The number of epoxide rings is 1. The third-order valence-corrected chi connectivity index (χ3v) is 3.60. The van der Waals surface area contributed by atoms with Gasteiger partial charge >= 0.3 is 35.8 Å². The van der Waals surface area contributed by atoms with E-state index in [0.29, 0.717) is 0 Å². The minimum absolute atomic E-state index is 1.04. The van der Waals surface area contributed by atoms with Crippen LogP contribution in [0.2, 0.25) is 0 Å². The van der Waals surface area contributed by atoms with Crippen LogP contribution >= 0.6 is 0 Å². The Bertz CT molecular complexity index is 519. The Balaban J connectivity index is 3.29. The Labute approximate surface area is 131 Å². The molecule has 0 aromatic rings. The molecule has 14 heteroatoms. The van der Waals surface area contributed by atoms with Gasteiger partial charge in [-0.15, -0.1) is 0 Å². The van der Waals surface area contributed by atoms with E-state index in [1.165, 1.54) is 0 Å². The summed E-state index contributed by atoms with van der Waals surface area (Å²) >= 11 is 0. The highest BCUT2D eigenvalue weighted by Gasteiger charge is 2.90. The third-order valence-electron chi connectivity index (χ3n) is 3.60. The van der Waals surface area contributed by atoms with E-state index in [9.17, 15) is 57.1 Å². The molecule has 1 aliphatic rings. The Hall–Kier alpha value is -0.950. The number of alkyl halides is 13. The summed E-state index contributed by atoms with van der Waals surface area (Å²) in [5.74, 6) is -36.6. The molecular formula is C11H9F13O. The molecule has 0 bridgehead atoms.